The van der Waals surface area contributed by atoms with Crippen molar-refractivity contribution in [3.05, 3.63) is 95.6 Å². The number of hydrogen-bond acceptors (Lipinski definition) is 4. The zero-order valence-electron chi connectivity index (χ0n) is 15.6. The number of pyridine rings is 1. The standard InChI is InChI=1S/C23H23FN2O2/c24-20-9-7-19(8-10-20)23-16-26(12-13-27-23)15-18-4-3-6-22(14-18)28-17-21-5-1-2-11-25-21/h1-11,14,23H,12-13,15-17H2/t23-/m0/s1. The summed E-state index contributed by atoms with van der Waals surface area (Å²) in [5.41, 5.74) is 3.11. The van der Waals surface area contributed by atoms with Gasteiger partial charge in [0.25, 0.3) is 0 Å². The van der Waals surface area contributed by atoms with Gasteiger partial charge in [-0.2, -0.15) is 0 Å². The SMILES string of the molecule is Fc1ccc([C@@H]2CN(Cc3cccc(OCc4ccccn4)c3)CCO2)cc1. The number of halogens is 1. The Morgan fingerprint density at radius 2 is 1.96 bits per heavy atom. The average molecular weight is 378 g/mol. The number of nitrogens with zero attached hydrogens (tertiary/aromatic N) is 2. The molecule has 1 aliphatic heterocycles. The lowest BCUT2D eigenvalue weighted by atomic mass is 10.1. The molecule has 0 saturated carbocycles. The summed E-state index contributed by atoms with van der Waals surface area (Å²) in [5, 5.41) is 0. The lowest BCUT2D eigenvalue weighted by molar-refractivity contribution is -0.0329. The molecule has 3 aromatic rings. The minimum absolute atomic E-state index is 0.0297. The van der Waals surface area contributed by atoms with E-state index in [0.717, 1.165) is 36.6 Å². The van der Waals surface area contributed by atoms with Crippen molar-refractivity contribution in [3.8, 4) is 5.75 Å². The molecule has 0 radical (unpaired) electrons. The minimum Gasteiger partial charge on any atom is -0.487 e. The maximum atomic E-state index is 13.2. The molecule has 1 fully saturated rings. The van der Waals surface area contributed by atoms with Gasteiger partial charge in [-0.15, -0.1) is 0 Å². The average Bonchev–Trinajstić information content (AvgIpc) is 2.74. The van der Waals surface area contributed by atoms with Crippen LogP contribution in [0.25, 0.3) is 0 Å². The molecule has 1 aliphatic rings. The Kier molecular flexibility index (Phi) is 5.95. The Bertz CT molecular complexity index is 887. The van der Waals surface area contributed by atoms with Gasteiger partial charge in [0.1, 0.15) is 18.2 Å². The highest BCUT2D eigenvalue weighted by Crippen LogP contribution is 2.24. The van der Waals surface area contributed by atoms with Crippen molar-refractivity contribution < 1.29 is 13.9 Å². The van der Waals surface area contributed by atoms with Gasteiger partial charge in [0.05, 0.1) is 18.4 Å². The van der Waals surface area contributed by atoms with Crippen LogP contribution < -0.4 is 4.74 Å². The summed E-state index contributed by atoms with van der Waals surface area (Å²) < 4.78 is 24.9. The van der Waals surface area contributed by atoms with Crippen LogP contribution >= 0.6 is 0 Å². The highest BCUT2D eigenvalue weighted by atomic mass is 19.1. The molecule has 0 aliphatic carbocycles. The summed E-state index contributed by atoms with van der Waals surface area (Å²) in [4.78, 5) is 6.64. The Morgan fingerprint density at radius 3 is 2.79 bits per heavy atom. The minimum atomic E-state index is -0.223. The Balaban J connectivity index is 1.36. The van der Waals surface area contributed by atoms with Gasteiger partial charge in [-0.1, -0.05) is 30.3 Å². The molecule has 28 heavy (non-hydrogen) atoms. The van der Waals surface area contributed by atoms with Crippen molar-refractivity contribution >= 4 is 0 Å². The zero-order chi connectivity index (χ0) is 19.2. The molecule has 2 heterocycles. The van der Waals surface area contributed by atoms with Gasteiger partial charge >= 0.3 is 0 Å². The fourth-order valence-corrected chi connectivity index (χ4v) is 3.36. The first kappa shape index (κ1) is 18.6. The molecule has 4 nitrogen and oxygen atoms in total. The lowest BCUT2D eigenvalue weighted by Crippen LogP contribution is -2.37. The summed E-state index contributed by atoms with van der Waals surface area (Å²) in [6.45, 7) is 3.59. The molecule has 1 atom stereocenters. The van der Waals surface area contributed by atoms with Crippen molar-refractivity contribution in [1.82, 2.24) is 9.88 Å². The predicted octanol–water partition coefficient (Wildman–Crippen LogP) is 4.37. The van der Waals surface area contributed by atoms with E-state index >= 15 is 0 Å². The first-order chi connectivity index (χ1) is 13.8. The molecular formula is C23H23FN2O2. The van der Waals surface area contributed by atoms with Crippen LogP contribution in [-0.4, -0.2) is 29.6 Å². The Hall–Kier alpha value is -2.76. The van der Waals surface area contributed by atoms with Crippen molar-refractivity contribution in [2.45, 2.75) is 19.3 Å². The van der Waals surface area contributed by atoms with Crippen molar-refractivity contribution in [1.29, 1.82) is 0 Å². The molecule has 1 aromatic heterocycles. The summed E-state index contributed by atoms with van der Waals surface area (Å²) in [6.07, 6.45) is 1.74. The largest absolute Gasteiger partial charge is 0.487 e. The number of ether oxygens (including phenoxy) is 2. The van der Waals surface area contributed by atoms with Crippen LogP contribution in [0.4, 0.5) is 4.39 Å². The van der Waals surface area contributed by atoms with Gasteiger partial charge in [0.2, 0.25) is 0 Å². The number of aromatic nitrogens is 1. The van der Waals surface area contributed by atoms with Crippen LogP contribution in [0.2, 0.25) is 0 Å². The van der Waals surface area contributed by atoms with E-state index in [2.05, 4.69) is 22.0 Å². The van der Waals surface area contributed by atoms with Crippen molar-refractivity contribution in [2.75, 3.05) is 19.7 Å². The van der Waals surface area contributed by atoms with E-state index in [1.807, 2.05) is 30.3 Å². The van der Waals surface area contributed by atoms with Crippen LogP contribution in [0, 0.1) is 5.82 Å². The van der Waals surface area contributed by atoms with Gasteiger partial charge in [0, 0.05) is 25.8 Å². The monoisotopic (exact) mass is 378 g/mol. The van der Waals surface area contributed by atoms with Gasteiger partial charge in [-0.25, -0.2) is 4.39 Å². The van der Waals surface area contributed by atoms with E-state index in [-0.39, 0.29) is 11.9 Å². The second-order valence-electron chi connectivity index (χ2n) is 6.90. The van der Waals surface area contributed by atoms with Crippen molar-refractivity contribution in [2.24, 2.45) is 0 Å². The summed E-state index contributed by atoms with van der Waals surface area (Å²) >= 11 is 0. The van der Waals surface area contributed by atoms with E-state index in [1.165, 1.54) is 17.7 Å². The van der Waals surface area contributed by atoms with Crippen molar-refractivity contribution in [3.63, 3.8) is 0 Å². The third kappa shape index (κ3) is 4.94. The molecule has 4 rings (SSSR count). The molecule has 0 N–H and O–H groups in total. The van der Waals surface area contributed by atoms with Crippen LogP contribution in [0.3, 0.4) is 0 Å². The van der Waals surface area contributed by atoms with Crippen LogP contribution in [-0.2, 0) is 17.9 Å². The predicted molar refractivity (Wildman–Crippen MR) is 105 cm³/mol. The second-order valence-corrected chi connectivity index (χ2v) is 6.90. The first-order valence-electron chi connectivity index (χ1n) is 9.47. The molecule has 0 spiro atoms. The Morgan fingerprint density at radius 1 is 1.07 bits per heavy atom. The van der Waals surface area contributed by atoms with E-state index in [1.54, 1.807) is 18.3 Å². The lowest BCUT2D eigenvalue weighted by Gasteiger charge is -2.33. The molecular weight excluding hydrogens is 355 g/mol. The number of rotatable bonds is 6. The highest BCUT2D eigenvalue weighted by molar-refractivity contribution is 5.29. The molecule has 5 heteroatoms. The van der Waals surface area contributed by atoms with E-state index in [0.29, 0.717) is 13.2 Å². The molecule has 0 amide bonds. The maximum absolute atomic E-state index is 13.2. The van der Waals surface area contributed by atoms with E-state index in [9.17, 15) is 4.39 Å². The summed E-state index contributed by atoms with van der Waals surface area (Å²) in [6, 6.07) is 20.5. The third-order valence-electron chi connectivity index (χ3n) is 4.81. The van der Waals surface area contributed by atoms with Crippen LogP contribution in [0.15, 0.2) is 72.9 Å². The first-order valence-corrected chi connectivity index (χ1v) is 9.47. The van der Waals surface area contributed by atoms with Gasteiger partial charge < -0.3 is 9.47 Å². The number of morpholine rings is 1. The summed E-state index contributed by atoms with van der Waals surface area (Å²) in [5.74, 6) is 0.616. The van der Waals surface area contributed by atoms with Gasteiger partial charge in [0.15, 0.2) is 0 Å². The fourth-order valence-electron chi connectivity index (χ4n) is 3.36. The smallest absolute Gasteiger partial charge is 0.130 e. The molecule has 0 unspecified atom stereocenters. The van der Waals surface area contributed by atoms with Gasteiger partial charge in [-0.05, 0) is 47.5 Å². The highest BCUT2D eigenvalue weighted by Gasteiger charge is 2.22. The zero-order valence-corrected chi connectivity index (χ0v) is 15.6. The third-order valence-corrected chi connectivity index (χ3v) is 4.81. The Labute approximate surface area is 164 Å². The maximum Gasteiger partial charge on any atom is 0.130 e. The quantitative estimate of drug-likeness (QED) is 0.638. The van der Waals surface area contributed by atoms with Crippen LogP contribution in [0.1, 0.15) is 22.9 Å². The molecule has 2 aromatic carbocycles. The number of hydrogen-bond donors (Lipinski definition) is 0. The van der Waals surface area contributed by atoms with E-state index < -0.39 is 0 Å². The van der Waals surface area contributed by atoms with Gasteiger partial charge in [-0.3, -0.25) is 9.88 Å². The van der Waals surface area contributed by atoms with Crippen LogP contribution in [0.5, 0.6) is 5.75 Å². The molecule has 144 valence electrons. The summed E-state index contributed by atoms with van der Waals surface area (Å²) in [7, 11) is 0. The molecule has 0 bridgehead atoms. The van der Waals surface area contributed by atoms with E-state index in [4.69, 9.17) is 9.47 Å². The second kappa shape index (κ2) is 8.95. The molecule has 1 saturated heterocycles. The fraction of sp³-hybridized carbons (Fsp3) is 0.261. The topological polar surface area (TPSA) is 34.6 Å². The normalized spacial score (nSPS) is 17.4. The number of benzene rings is 2.